The van der Waals surface area contributed by atoms with Crippen LogP contribution < -0.4 is 5.32 Å². The zero-order valence-corrected chi connectivity index (χ0v) is 13.6. The normalized spacial score (nSPS) is 11.3. The Bertz CT molecular complexity index is 572. The Hall–Kier alpha value is -1.61. The van der Waals surface area contributed by atoms with E-state index in [1.54, 1.807) is 0 Å². The van der Waals surface area contributed by atoms with Crippen molar-refractivity contribution >= 4 is 0 Å². The Balaban J connectivity index is 1.91. The van der Waals surface area contributed by atoms with Crippen molar-refractivity contribution in [3.8, 4) is 11.3 Å². The molecule has 0 aliphatic rings. The van der Waals surface area contributed by atoms with Gasteiger partial charge in [0.15, 0.2) is 11.7 Å². The molecule has 3 heteroatoms. The highest BCUT2D eigenvalue weighted by molar-refractivity contribution is 5.62. The molecule has 1 N–H and O–H groups in total. The molecule has 3 nitrogen and oxygen atoms in total. The van der Waals surface area contributed by atoms with Crippen LogP contribution in [0.5, 0.6) is 0 Å². The van der Waals surface area contributed by atoms with Gasteiger partial charge < -0.3 is 9.73 Å². The second kappa shape index (κ2) is 7.41. The predicted octanol–water partition coefficient (Wildman–Crippen LogP) is 4.14. The van der Waals surface area contributed by atoms with Crippen molar-refractivity contribution in [2.75, 3.05) is 13.1 Å². The van der Waals surface area contributed by atoms with Gasteiger partial charge in [-0.25, -0.2) is 4.98 Å². The Morgan fingerprint density at radius 2 is 2.05 bits per heavy atom. The quantitative estimate of drug-likeness (QED) is 0.777. The van der Waals surface area contributed by atoms with Crippen molar-refractivity contribution in [3.63, 3.8) is 0 Å². The summed E-state index contributed by atoms with van der Waals surface area (Å²) in [6.07, 6.45) is 3.79. The van der Waals surface area contributed by atoms with Crippen LogP contribution in [0.1, 0.15) is 37.3 Å². The van der Waals surface area contributed by atoms with Gasteiger partial charge >= 0.3 is 0 Å². The maximum Gasteiger partial charge on any atom is 0.194 e. The second-order valence-electron chi connectivity index (χ2n) is 6.07. The average molecular weight is 286 g/mol. The molecule has 0 amide bonds. The summed E-state index contributed by atoms with van der Waals surface area (Å²) in [7, 11) is 0. The standard InChI is InChI=1S/C18H26N2O/c1-13(2)11-19-10-6-9-18-20-12-17(21-18)16-8-5-7-14(3)15(16)4/h5,7-8,12-13,19H,6,9-11H2,1-4H3. The van der Waals surface area contributed by atoms with E-state index in [1.165, 1.54) is 11.1 Å². The molecule has 0 saturated heterocycles. The number of aromatic nitrogens is 1. The van der Waals surface area contributed by atoms with Crippen LogP contribution in [-0.2, 0) is 6.42 Å². The maximum absolute atomic E-state index is 5.89. The van der Waals surface area contributed by atoms with E-state index < -0.39 is 0 Å². The van der Waals surface area contributed by atoms with E-state index in [9.17, 15) is 0 Å². The number of aryl methyl sites for hydroxylation is 2. The highest BCUT2D eigenvalue weighted by atomic mass is 16.4. The van der Waals surface area contributed by atoms with E-state index >= 15 is 0 Å². The van der Waals surface area contributed by atoms with Crippen molar-refractivity contribution in [2.24, 2.45) is 5.92 Å². The fraction of sp³-hybridized carbons (Fsp3) is 0.500. The minimum atomic E-state index is 0.697. The van der Waals surface area contributed by atoms with Gasteiger partial charge in [0.25, 0.3) is 0 Å². The first kappa shape index (κ1) is 15.8. The molecule has 1 aromatic carbocycles. The minimum Gasteiger partial charge on any atom is -0.441 e. The summed E-state index contributed by atoms with van der Waals surface area (Å²) < 4.78 is 5.89. The molecule has 0 aliphatic heterocycles. The largest absolute Gasteiger partial charge is 0.441 e. The van der Waals surface area contributed by atoms with Crippen LogP contribution in [0.4, 0.5) is 0 Å². The summed E-state index contributed by atoms with van der Waals surface area (Å²) >= 11 is 0. The monoisotopic (exact) mass is 286 g/mol. The zero-order valence-electron chi connectivity index (χ0n) is 13.6. The van der Waals surface area contributed by atoms with E-state index in [2.05, 4.69) is 56.2 Å². The molecule has 2 aromatic rings. The second-order valence-corrected chi connectivity index (χ2v) is 6.07. The number of rotatable bonds is 7. The number of oxazole rings is 1. The maximum atomic E-state index is 5.89. The minimum absolute atomic E-state index is 0.697. The predicted molar refractivity (Wildman–Crippen MR) is 87.4 cm³/mol. The smallest absolute Gasteiger partial charge is 0.194 e. The molecule has 1 heterocycles. The Labute approximate surface area is 127 Å². The fourth-order valence-corrected chi connectivity index (χ4v) is 2.32. The van der Waals surface area contributed by atoms with Crippen LogP contribution in [-0.4, -0.2) is 18.1 Å². The first-order chi connectivity index (χ1) is 10.1. The molecule has 0 unspecified atom stereocenters. The van der Waals surface area contributed by atoms with Gasteiger partial charge in [-0.1, -0.05) is 32.0 Å². The number of nitrogens with one attached hydrogen (secondary N) is 1. The summed E-state index contributed by atoms with van der Waals surface area (Å²) in [4.78, 5) is 4.40. The molecule has 0 bridgehead atoms. The summed E-state index contributed by atoms with van der Waals surface area (Å²) in [5.41, 5.74) is 3.69. The van der Waals surface area contributed by atoms with Gasteiger partial charge in [0.1, 0.15) is 0 Å². The van der Waals surface area contributed by atoms with Gasteiger partial charge in [-0.2, -0.15) is 0 Å². The highest BCUT2D eigenvalue weighted by Crippen LogP contribution is 2.26. The van der Waals surface area contributed by atoms with E-state index in [0.717, 1.165) is 43.1 Å². The Kier molecular flexibility index (Phi) is 5.57. The SMILES string of the molecule is Cc1cccc(-c2cnc(CCCNCC(C)C)o2)c1C. The summed E-state index contributed by atoms with van der Waals surface area (Å²) in [5.74, 6) is 2.40. The number of nitrogens with zero attached hydrogens (tertiary/aromatic N) is 1. The lowest BCUT2D eigenvalue weighted by atomic mass is 10.0. The molecule has 0 fully saturated rings. The molecular weight excluding hydrogens is 260 g/mol. The molecular formula is C18H26N2O. The molecule has 0 saturated carbocycles. The lowest BCUT2D eigenvalue weighted by Crippen LogP contribution is -2.21. The first-order valence-electron chi connectivity index (χ1n) is 7.80. The number of hydrogen-bond acceptors (Lipinski definition) is 3. The molecule has 0 atom stereocenters. The van der Waals surface area contributed by atoms with Gasteiger partial charge in [0.05, 0.1) is 6.20 Å². The summed E-state index contributed by atoms with van der Waals surface area (Å²) in [5, 5.41) is 3.44. The van der Waals surface area contributed by atoms with Gasteiger partial charge in [0.2, 0.25) is 0 Å². The van der Waals surface area contributed by atoms with Gasteiger partial charge in [-0.3, -0.25) is 0 Å². The van der Waals surface area contributed by atoms with Crippen molar-refractivity contribution in [3.05, 3.63) is 41.4 Å². The lowest BCUT2D eigenvalue weighted by molar-refractivity contribution is 0.483. The summed E-state index contributed by atoms with van der Waals surface area (Å²) in [6, 6.07) is 6.28. The average Bonchev–Trinajstić information content (AvgIpc) is 2.90. The lowest BCUT2D eigenvalue weighted by Gasteiger charge is -2.06. The van der Waals surface area contributed by atoms with Crippen molar-refractivity contribution in [1.29, 1.82) is 0 Å². The van der Waals surface area contributed by atoms with Crippen LogP contribution in [0.3, 0.4) is 0 Å². The topological polar surface area (TPSA) is 38.1 Å². The van der Waals surface area contributed by atoms with Gasteiger partial charge in [-0.15, -0.1) is 0 Å². The Morgan fingerprint density at radius 1 is 1.24 bits per heavy atom. The van der Waals surface area contributed by atoms with E-state index in [4.69, 9.17) is 4.42 Å². The van der Waals surface area contributed by atoms with Crippen molar-refractivity contribution < 1.29 is 4.42 Å². The molecule has 1 aromatic heterocycles. The number of benzene rings is 1. The molecule has 21 heavy (non-hydrogen) atoms. The van der Waals surface area contributed by atoms with Crippen molar-refractivity contribution in [1.82, 2.24) is 10.3 Å². The summed E-state index contributed by atoms with van der Waals surface area (Å²) in [6.45, 7) is 10.8. The van der Waals surface area contributed by atoms with Crippen LogP contribution >= 0.6 is 0 Å². The molecule has 2 rings (SSSR count). The highest BCUT2D eigenvalue weighted by Gasteiger charge is 2.09. The van der Waals surface area contributed by atoms with Crippen LogP contribution in [0.25, 0.3) is 11.3 Å². The van der Waals surface area contributed by atoms with Crippen molar-refractivity contribution in [2.45, 2.75) is 40.5 Å². The van der Waals surface area contributed by atoms with E-state index in [1.807, 2.05) is 6.20 Å². The molecule has 0 radical (unpaired) electrons. The third-order valence-corrected chi connectivity index (χ3v) is 3.72. The van der Waals surface area contributed by atoms with Crippen LogP contribution in [0, 0.1) is 19.8 Å². The number of hydrogen-bond donors (Lipinski definition) is 1. The zero-order chi connectivity index (χ0) is 15.2. The first-order valence-corrected chi connectivity index (χ1v) is 7.80. The van der Waals surface area contributed by atoms with Crippen LogP contribution in [0.2, 0.25) is 0 Å². The third kappa shape index (κ3) is 4.43. The Morgan fingerprint density at radius 3 is 2.81 bits per heavy atom. The van der Waals surface area contributed by atoms with E-state index in [-0.39, 0.29) is 0 Å². The molecule has 114 valence electrons. The third-order valence-electron chi connectivity index (χ3n) is 3.72. The van der Waals surface area contributed by atoms with Gasteiger partial charge in [0, 0.05) is 12.0 Å². The van der Waals surface area contributed by atoms with E-state index in [0.29, 0.717) is 5.92 Å². The van der Waals surface area contributed by atoms with Crippen LogP contribution in [0.15, 0.2) is 28.8 Å². The van der Waals surface area contributed by atoms with Gasteiger partial charge in [-0.05, 0) is 50.4 Å². The molecule has 0 spiro atoms. The fourth-order valence-electron chi connectivity index (χ4n) is 2.32. The molecule has 0 aliphatic carbocycles.